The Morgan fingerprint density at radius 1 is 1.05 bits per heavy atom. The Morgan fingerprint density at radius 2 is 1.84 bits per heavy atom. The van der Waals surface area contributed by atoms with Crippen molar-refractivity contribution >= 4 is 11.0 Å². The quantitative estimate of drug-likeness (QED) is 0.314. The standard InChI is InChI=1S/C26H22F3N7O/c1-35-13-19(26(27,28)29)33-24(35)17-7-5-15(6-8-17)12-36-18-4-3-11-30-22(18)23(34-36)20-21(16-9-10-16)31-14-32-25(20)37-2/h3-8,11,13-14,16H,9-10,12H2,1-2H3. The van der Waals surface area contributed by atoms with Crippen LogP contribution in [0.5, 0.6) is 5.88 Å². The molecule has 5 aromatic rings. The number of alkyl halides is 3. The van der Waals surface area contributed by atoms with Crippen molar-refractivity contribution in [2.45, 2.75) is 31.5 Å². The van der Waals surface area contributed by atoms with E-state index in [-0.39, 0.29) is 5.82 Å². The zero-order valence-corrected chi connectivity index (χ0v) is 20.1. The number of methoxy groups -OCH3 is 1. The average molecular weight is 506 g/mol. The minimum absolute atomic E-state index is 0.249. The predicted molar refractivity (Wildman–Crippen MR) is 130 cm³/mol. The third-order valence-electron chi connectivity index (χ3n) is 6.46. The highest BCUT2D eigenvalue weighted by atomic mass is 19.4. The number of aryl methyl sites for hydroxylation is 1. The summed E-state index contributed by atoms with van der Waals surface area (Å²) < 4.78 is 48.0. The lowest BCUT2D eigenvalue weighted by atomic mass is 10.1. The Bertz CT molecular complexity index is 1600. The maximum atomic E-state index is 13.1. The van der Waals surface area contributed by atoms with Crippen molar-refractivity contribution in [1.29, 1.82) is 0 Å². The lowest BCUT2D eigenvalue weighted by Gasteiger charge is -2.09. The molecule has 1 aromatic carbocycles. The molecule has 4 heterocycles. The third kappa shape index (κ3) is 4.20. The van der Waals surface area contributed by atoms with Gasteiger partial charge in [0.05, 0.1) is 30.4 Å². The van der Waals surface area contributed by atoms with Gasteiger partial charge in [-0.05, 0) is 30.5 Å². The first-order valence-corrected chi connectivity index (χ1v) is 11.7. The van der Waals surface area contributed by atoms with Gasteiger partial charge in [-0.1, -0.05) is 24.3 Å². The molecule has 1 aliphatic carbocycles. The van der Waals surface area contributed by atoms with Crippen LogP contribution in [0.2, 0.25) is 0 Å². The van der Waals surface area contributed by atoms with Crippen molar-refractivity contribution in [3.8, 4) is 28.5 Å². The number of nitrogens with zero attached hydrogens (tertiary/aromatic N) is 7. The van der Waals surface area contributed by atoms with Crippen LogP contribution in [-0.4, -0.2) is 41.4 Å². The second kappa shape index (κ2) is 8.68. The van der Waals surface area contributed by atoms with Gasteiger partial charge in [0.1, 0.15) is 23.4 Å². The fourth-order valence-electron chi connectivity index (χ4n) is 4.53. The van der Waals surface area contributed by atoms with E-state index in [0.29, 0.717) is 29.6 Å². The lowest BCUT2D eigenvalue weighted by molar-refractivity contribution is -0.140. The first-order chi connectivity index (χ1) is 17.8. The van der Waals surface area contributed by atoms with Gasteiger partial charge in [-0.2, -0.15) is 18.3 Å². The molecule has 0 bridgehead atoms. The van der Waals surface area contributed by atoms with E-state index < -0.39 is 11.9 Å². The molecule has 8 nitrogen and oxygen atoms in total. The summed E-state index contributed by atoms with van der Waals surface area (Å²) in [6, 6.07) is 11.1. The summed E-state index contributed by atoms with van der Waals surface area (Å²) in [6.07, 6.45) is 1.86. The molecule has 0 aliphatic heterocycles. The minimum Gasteiger partial charge on any atom is -0.480 e. The Kier molecular flexibility index (Phi) is 5.43. The number of pyridine rings is 1. The fraction of sp³-hybridized carbons (Fsp3) is 0.269. The van der Waals surface area contributed by atoms with Crippen LogP contribution in [0.3, 0.4) is 0 Å². The molecule has 0 atom stereocenters. The molecule has 4 aromatic heterocycles. The van der Waals surface area contributed by atoms with Gasteiger partial charge in [-0.25, -0.2) is 15.0 Å². The van der Waals surface area contributed by atoms with Crippen LogP contribution in [0, 0.1) is 0 Å². The molecule has 0 saturated heterocycles. The Labute approximate surface area is 209 Å². The number of hydrogen-bond donors (Lipinski definition) is 0. The average Bonchev–Trinajstić information content (AvgIpc) is 3.57. The smallest absolute Gasteiger partial charge is 0.434 e. The van der Waals surface area contributed by atoms with Gasteiger partial charge in [0, 0.05) is 30.9 Å². The van der Waals surface area contributed by atoms with Crippen LogP contribution in [0.1, 0.15) is 35.7 Å². The molecule has 6 rings (SSSR count). The molecule has 11 heteroatoms. The highest BCUT2D eigenvalue weighted by molar-refractivity contribution is 5.92. The highest BCUT2D eigenvalue weighted by Gasteiger charge is 2.35. The number of rotatable bonds is 6. The highest BCUT2D eigenvalue weighted by Crippen LogP contribution is 2.46. The number of imidazole rings is 1. The third-order valence-corrected chi connectivity index (χ3v) is 6.46. The van der Waals surface area contributed by atoms with Crippen molar-refractivity contribution < 1.29 is 17.9 Å². The van der Waals surface area contributed by atoms with E-state index in [1.807, 2.05) is 28.9 Å². The predicted octanol–water partition coefficient (Wildman–Crippen LogP) is 5.24. The Balaban J connectivity index is 1.37. The van der Waals surface area contributed by atoms with Gasteiger partial charge >= 0.3 is 6.18 Å². The maximum Gasteiger partial charge on any atom is 0.434 e. The maximum absolute atomic E-state index is 13.1. The monoisotopic (exact) mass is 505 g/mol. The Morgan fingerprint density at radius 3 is 2.51 bits per heavy atom. The first-order valence-electron chi connectivity index (χ1n) is 11.7. The fourth-order valence-corrected chi connectivity index (χ4v) is 4.53. The van der Waals surface area contributed by atoms with Crippen LogP contribution >= 0.6 is 0 Å². The van der Waals surface area contributed by atoms with Crippen molar-refractivity contribution in [3.63, 3.8) is 0 Å². The molecule has 1 aliphatic rings. The van der Waals surface area contributed by atoms with E-state index >= 15 is 0 Å². The zero-order chi connectivity index (χ0) is 25.7. The number of halogens is 3. The largest absolute Gasteiger partial charge is 0.480 e. The van der Waals surface area contributed by atoms with E-state index in [1.165, 1.54) is 10.9 Å². The SMILES string of the molecule is COc1ncnc(C2CC2)c1-c1nn(Cc2ccc(-c3nc(C(F)(F)F)cn3C)cc2)c2cccnc12. The van der Waals surface area contributed by atoms with Crippen molar-refractivity contribution in [1.82, 2.24) is 34.3 Å². The summed E-state index contributed by atoms with van der Waals surface area (Å²) in [5, 5.41) is 4.91. The zero-order valence-electron chi connectivity index (χ0n) is 20.1. The van der Waals surface area contributed by atoms with Crippen LogP contribution in [0.4, 0.5) is 13.2 Å². The van der Waals surface area contributed by atoms with Crippen LogP contribution in [0.25, 0.3) is 33.7 Å². The van der Waals surface area contributed by atoms with Crippen LogP contribution in [-0.2, 0) is 19.8 Å². The van der Waals surface area contributed by atoms with Gasteiger partial charge in [0.15, 0.2) is 5.69 Å². The van der Waals surface area contributed by atoms with Crippen molar-refractivity contribution in [2.24, 2.45) is 7.05 Å². The number of hydrogen-bond acceptors (Lipinski definition) is 6. The van der Waals surface area contributed by atoms with Gasteiger partial charge in [0.25, 0.3) is 0 Å². The van der Waals surface area contributed by atoms with E-state index in [9.17, 15) is 13.2 Å². The molecular formula is C26H22F3N7O. The van der Waals surface area contributed by atoms with Gasteiger partial charge in [0.2, 0.25) is 5.88 Å². The molecular weight excluding hydrogens is 483 g/mol. The second-order valence-electron chi connectivity index (χ2n) is 9.05. The summed E-state index contributed by atoms with van der Waals surface area (Å²) in [6.45, 7) is 0.436. The molecule has 0 unspecified atom stereocenters. The van der Waals surface area contributed by atoms with Gasteiger partial charge in [-0.3, -0.25) is 9.67 Å². The van der Waals surface area contributed by atoms with E-state index in [0.717, 1.165) is 46.9 Å². The first kappa shape index (κ1) is 23.1. The molecule has 1 saturated carbocycles. The number of fused-ring (bicyclic) bond motifs is 1. The lowest BCUT2D eigenvalue weighted by Crippen LogP contribution is -2.05. The van der Waals surface area contributed by atoms with E-state index in [1.54, 1.807) is 32.5 Å². The van der Waals surface area contributed by atoms with Crippen LogP contribution < -0.4 is 4.74 Å². The van der Waals surface area contributed by atoms with Crippen LogP contribution in [0.15, 0.2) is 55.1 Å². The molecule has 0 spiro atoms. The normalized spacial score (nSPS) is 13.9. The summed E-state index contributed by atoms with van der Waals surface area (Å²) >= 11 is 0. The molecule has 188 valence electrons. The van der Waals surface area contributed by atoms with Gasteiger partial charge in [-0.15, -0.1) is 0 Å². The summed E-state index contributed by atoms with van der Waals surface area (Å²) in [5.74, 6) is 1.07. The van der Waals surface area contributed by atoms with Crippen molar-refractivity contribution in [3.05, 3.63) is 72.1 Å². The molecule has 0 amide bonds. The summed E-state index contributed by atoms with van der Waals surface area (Å²) in [7, 11) is 3.13. The minimum atomic E-state index is -4.49. The number of benzene rings is 1. The number of ether oxygens (including phenoxy) is 1. The Hall–Kier alpha value is -4.28. The van der Waals surface area contributed by atoms with Gasteiger partial charge < -0.3 is 9.30 Å². The second-order valence-corrected chi connectivity index (χ2v) is 9.05. The topological polar surface area (TPSA) is 83.5 Å². The molecule has 37 heavy (non-hydrogen) atoms. The summed E-state index contributed by atoms with van der Waals surface area (Å²) in [4.78, 5) is 17.2. The molecule has 0 N–H and O–H groups in total. The molecule has 0 radical (unpaired) electrons. The van der Waals surface area contributed by atoms with E-state index in [4.69, 9.17) is 9.84 Å². The summed E-state index contributed by atoms with van der Waals surface area (Å²) in [5.41, 5.74) is 4.52. The number of aromatic nitrogens is 7. The molecule has 1 fully saturated rings. The van der Waals surface area contributed by atoms with E-state index in [2.05, 4.69) is 19.9 Å². The van der Waals surface area contributed by atoms with Crippen molar-refractivity contribution in [2.75, 3.05) is 7.11 Å².